The molecule has 0 aliphatic heterocycles. The second kappa shape index (κ2) is 7.96. The fourth-order valence-corrected chi connectivity index (χ4v) is 2.57. The lowest BCUT2D eigenvalue weighted by atomic mass is 10.2. The van der Waals surface area contributed by atoms with Gasteiger partial charge in [0, 0.05) is 6.07 Å². The van der Waals surface area contributed by atoms with Crippen molar-refractivity contribution in [2.75, 3.05) is 24.8 Å². The largest absolute Gasteiger partial charge is 0.497 e. The van der Waals surface area contributed by atoms with E-state index in [1.54, 1.807) is 42.5 Å². The normalized spacial score (nSPS) is 10.5. The summed E-state index contributed by atoms with van der Waals surface area (Å²) in [7, 11) is 1.52. The minimum absolute atomic E-state index is 0.0113. The van der Waals surface area contributed by atoms with Gasteiger partial charge in [-0.05, 0) is 43.3 Å². The number of carbonyl (C=O) groups is 1. The Balaban J connectivity index is 1.83. The van der Waals surface area contributed by atoms with Crippen molar-refractivity contribution in [2.24, 2.45) is 0 Å². The number of carbonyl (C=O) groups excluding carboxylic acids is 1. The number of nitrogens with one attached hydrogen (secondary N) is 1. The molecule has 1 heterocycles. The molecular formula is C18H18ClN5O3. The summed E-state index contributed by atoms with van der Waals surface area (Å²) in [5, 5.41) is 10.9. The standard InChI is InChI=1S/C18H18ClN5O3/c1-3-27-12-6-4-11(5-7-12)24-17(20)16(22-23-24)18(25)21-15-10-13(26-2)8-9-14(15)19/h4-10H,3,20H2,1-2H3,(H,21,25). The lowest BCUT2D eigenvalue weighted by Gasteiger charge is -2.08. The van der Waals surface area contributed by atoms with Gasteiger partial charge < -0.3 is 20.5 Å². The molecule has 0 aliphatic rings. The number of nitrogens with two attached hydrogens (primary N) is 1. The predicted molar refractivity (Wildman–Crippen MR) is 103 cm³/mol. The molecule has 1 aromatic heterocycles. The van der Waals surface area contributed by atoms with Gasteiger partial charge >= 0.3 is 0 Å². The SMILES string of the molecule is CCOc1ccc(-n2nnc(C(=O)Nc3cc(OC)ccc3Cl)c2N)cc1. The summed E-state index contributed by atoms with van der Waals surface area (Å²) < 4.78 is 11.9. The zero-order valence-corrected chi connectivity index (χ0v) is 15.5. The highest BCUT2D eigenvalue weighted by Gasteiger charge is 2.19. The summed E-state index contributed by atoms with van der Waals surface area (Å²) in [6.07, 6.45) is 0. The zero-order valence-electron chi connectivity index (χ0n) is 14.8. The number of nitrogen functional groups attached to an aromatic ring is 1. The van der Waals surface area contributed by atoms with Crippen molar-refractivity contribution in [3.63, 3.8) is 0 Å². The average molecular weight is 388 g/mol. The quantitative estimate of drug-likeness (QED) is 0.673. The number of rotatable bonds is 6. The van der Waals surface area contributed by atoms with Crippen molar-refractivity contribution in [1.29, 1.82) is 0 Å². The molecule has 0 aliphatic carbocycles. The minimum atomic E-state index is -0.528. The Kier molecular flexibility index (Phi) is 5.46. The van der Waals surface area contributed by atoms with E-state index in [1.165, 1.54) is 11.8 Å². The molecule has 3 rings (SSSR count). The smallest absolute Gasteiger partial charge is 0.280 e. The van der Waals surface area contributed by atoms with Gasteiger partial charge in [-0.15, -0.1) is 5.10 Å². The van der Waals surface area contributed by atoms with Crippen molar-refractivity contribution in [2.45, 2.75) is 6.92 Å². The first-order valence-electron chi connectivity index (χ1n) is 8.12. The Hall–Kier alpha value is -3.26. The van der Waals surface area contributed by atoms with Crippen LogP contribution >= 0.6 is 11.6 Å². The lowest BCUT2D eigenvalue weighted by molar-refractivity contribution is 0.102. The topological polar surface area (TPSA) is 104 Å². The van der Waals surface area contributed by atoms with Crippen LogP contribution < -0.4 is 20.5 Å². The molecule has 0 unspecified atom stereocenters. The van der Waals surface area contributed by atoms with Gasteiger partial charge in [-0.1, -0.05) is 16.8 Å². The Morgan fingerprint density at radius 3 is 2.59 bits per heavy atom. The summed E-state index contributed by atoms with van der Waals surface area (Å²) in [6, 6.07) is 12.0. The molecule has 0 atom stereocenters. The molecule has 0 saturated heterocycles. The van der Waals surface area contributed by atoms with Gasteiger partial charge in [0.05, 0.1) is 30.1 Å². The fourth-order valence-electron chi connectivity index (χ4n) is 2.40. The molecule has 1 amide bonds. The maximum atomic E-state index is 12.5. The monoisotopic (exact) mass is 387 g/mol. The van der Waals surface area contributed by atoms with E-state index in [0.717, 1.165) is 5.75 Å². The van der Waals surface area contributed by atoms with Crippen molar-refractivity contribution in [3.05, 3.63) is 53.2 Å². The molecule has 3 N–H and O–H groups in total. The molecule has 140 valence electrons. The van der Waals surface area contributed by atoms with Crippen LogP contribution in [0.25, 0.3) is 5.69 Å². The average Bonchev–Trinajstić information content (AvgIpc) is 3.06. The van der Waals surface area contributed by atoms with Gasteiger partial charge in [0.25, 0.3) is 5.91 Å². The van der Waals surface area contributed by atoms with Crippen LogP contribution in [0, 0.1) is 0 Å². The second-order valence-electron chi connectivity index (χ2n) is 5.46. The molecule has 9 heteroatoms. The molecule has 0 saturated carbocycles. The Labute approximate surface area is 160 Å². The number of hydrogen-bond donors (Lipinski definition) is 2. The molecule has 3 aromatic rings. The number of amides is 1. The van der Waals surface area contributed by atoms with E-state index in [2.05, 4.69) is 15.6 Å². The molecule has 0 fully saturated rings. The predicted octanol–water partition coefficient (Wildman–Crippen LogP) is 3.16. The van der Waals surface area contributed by atoms with Crippen LogP contribution in [0.5, 0.6) is 11.5 Å². The first kappa shape index (κ1) is 18.5. The van der Waals surface area contributed by atoms with Crippen molar-refractivity contribution in [3.8, 4) is 17.2 Å². The number of methoxy groups -OCH3 is 1. The van der Waals surface area contributed by atoms with Crippen LogP contribution in [0.3, 0.4) is 0 Å². The van der Waals surface area contributed by atoms with Crippen LogP contribution in [-0.2, 0) is 0 Å². The first-order chi connectivity index (χ1) is 13.0. The number of ether oxygens (including phenoxy) is 2. The second-order valence-corrected chi connectivity index (χ2v) is 5.87. The van der Waals surface area contributed by atoms with Crippen LogP contribution in [0.4, 0.5) is 11.5 Å². The maximum Gasteiger partial charge on any atom is 0.280 e. The van der Waals surface area contributed by atoms with Crippen molar-refractivity contribution >= 4 is 29.0 Å². The summed E-state index contributed by atoms with van der Waals surface area (Å²) >= 11 is 6.11. The van der Waals surface area contributed by atoms with Crippen molar-refractivity contribution < 1.29 is 14.3 Å². The maximum absolute atomic E-state index is 12.5. The van der Waals surface area contributed by atoms with Gasteiger partial charge in [-0.25, -0.2) is 0 Å². The van der Waals surface area contributed by atoms with E-state index in [4.69, 9.17) is 26.8 Å². The third kappa shape index (κ3) is 3.95. The van der Waals surface area contributed by atoms with Gasteiger partial charge in [0.2, 0.25) is 0 Å². The van der Waals surface area contributed by atoms with E-state index in [1.807, 2.05) is 6.92 Å². The highest BCUT2D eigenvalue weighted by atomic mass is 35.5. The van der Waals surface area contributed by atoms with E-state index < -0.39 is 5.91 Å². The summed E-state index contributed by atoms with van der Waals surface area (Å²) in [5.74, 6) is 0.863. The van der Waals surface area contributed by atoms with Crippen molar-refractivity contribution in [1.82, 2.24) is 15.0 Å². The van der Waals surface area contributed by atoms with E-state index in [0.29, 0.717) is 28.8 Å². The molecule has 8 nitrogen and oxygen atoms in total. The Bertz CT molecular complexity index is 956. The molecule has 0 bridgehead atoms. The van der Waals surface area contributed by atoms with Gasteiger partial charge in [0.15, 0.2) is 11.5 Å². The van der Waals surface area contributed by atoms with Gasteiger partial charge in [-0.3, -0.25) is 4.79 Å². The van der Waals surface area contributed by atoms with E-state index in [9.17, 15) is 4.79 Å². The minimum Gasteiger partial charge on any atom is -0.497 e. The molecule has 2 aromatic carbocycles. The fraction of sp³-hybridized carbons (Fsp3) is 0.167. The number of nitrogens with zero attached hydrogens (tertiary/aromatic N) is 3. The number of hydrogen-bond acceptors (Lipinski definition) is 6. The lowest BCUT2D eigenvalue weighted by Crippen LogP contribution is -2.15. The van der Waals surface area contributed by atoms with Gasteiger partial charge in [0.1, 0.15) is 11.5 Å². The van der Waals surface area contributed by atoms with Crippen LogP contribution in [0.2, 0.25) is 5.02 Å². The van der Waals surface area contributed by atoms with Crippen LogP contribution in [0.1, 0.15) is 17.4 Å². The molecule has 0 spiro atoms. The molecule has 27 heavy (non-hydrogen) atoms. The number of anilines is 2. The summed E-state index contributed by atoms with van der Waals surface area (Å²) in [6.45, 7) is 2.48. The van der Waals surface area contributed by atoms with E-state index >= 15 is 0 Å². The Morgan fingerprint density at radius 1 is 1.22 bits per heavy atom. The summed E-state index contributed by atoms with van der Waals surface area (Å²) in [4.78, 5) is 12.5. The number of halogens is 1. The van der Waals surface area contributed by atoms with Gasteiger partial charge in [-0.2, -0.15) is 4.68 Å². The highest BCUT2D eigenvalue weighted by molar-refractivity contribution is 6.34. The Morgan fingerprint density at radius 2 is 1.93 bits per heavy atom. The molecular weight excluding hydrogens is 370 g/mol. The molecule has 0 radical (unpaired) electrons. The highest BCUT2D eigenvalue weighted by Crippen LogP contribution is 2.27. The third-order valence-electron chi connectivity index (χ3n) is 3.73. The third-order valence-corrected chi connectivity index (χ3v) is 4.06. The number of aromatic nitrogens is 3. The zero-order chi connectivity index (χ0) is 19.4. The summed E-state index contributed by atoms with van der Waals surface area (Å²) in [5.41, 5.74) is 7.10. The van der Waals surface area contributed by atoms with Crippen LogP contribution in [0.15, 0.2) is 42.5 Å². The number of benzene rings is 2. The van der Waals surface area contributed by atoms with Crippen LogP contribution in [-0.4, -0.2) is 34.6 Å². The van der Waals surface area contributed by atoms with E-state index in [-0.39, 0.29) is 11.5 Å². The first-order valence-corrected chi connectivity index (χ1v) is 8.50.